The maximum atomic E-state index is 13.7. The van der Waals surface area contributed by atoms with E-state index >= 15 is 0 Å². The summed E-state index contributed by atoms with van der Waals surface area (Å²) in [5.41, 5.74) is -0.410. The average molecular weight is 346 g/mol. The molecule has 2 aromatic heterocycles. The Kier molecular flexibility index (Phi) is 4.93. The smallest absolute Gasteiger partial charge is 0.263 e. The first-order valence-corrected chi connectivity index (χ1v) is 7.20. The van der Waals surface area contributed by atoms with E-state index in [9.17, 15) is 13.6 Å². The lowest BCUT2D eigenvalue weighted by atomic mass is 10.2. The minimum absolute atomic E-state index is 0.0746. The van der Waals surface area contributed by atoms with Crippen LogP contribution in [0.5, 0.6) is 5.75 Å². The highest BCUT2D eigenvalue weighted by atomic mass is 19.1. The summed E-state index contributed by atoms with van der Waals surface area (Å²) >= 11 is 0. The van der Waals surface area contributed by atoms with Crippen molar-refractivity contribution in [3.05, 3.63) is 60.2 Å². The third-order valence-corrected chi connectivity index (χ3v) is 3.09. The molecular formula is C16H12F2N4O3. The minimum atomic E-state index is -0.816. The van der Waals surface area contributed by atoms with Gasteiger partial charge < -0.3 is 14.6 Å². The summed E-state index contributed by atoms with van der Waals surface area (Å²) in [5, 5.41) is 6.09. The standard InChI is InChI=1S/C16H12F2N4O3/c17-11-4-1-5-12(18)15(11)16-21-13(22-25-16)8-20-14(23)9-24-10-3-2-6-19-7-10/h1-7H,8-9H2,(H,20,23). The Balaban J connectivity index is 1.56. The lowest BCUT2D eigenvalue weighted by Gasteiger charge is -2.05. The lowest BCUT2D eigenvalue weighted by Crippen LogP contribution is -2.28. The average Bonchev–Trinajstić information content (AvgIpc) is 3.07. The number of hydrogen-bond acceptors (Lipinski definition) is 6. The molecule has 25 heavy (non-hydrogen) atoms. The molecule has 2 heterocycles. The highest BCUT2D eigenvalue weighted by Crippen LogP contribution is 2.24. The van der Waals surface area contributed by atoms with Gasteiger partial charge in [0.25, 0.3) is 11.8 Å². The minimum Gasteiger partial charge on any atom is -0.482 e. The monoisotopic (exact) mass is 346 g/mol. The number of hydrogen-bond donors (Lipinski definition) is 1. The fourth-order valence-corrected chi connectivity index (χ4v) is 1.94. The molecule has 3 rings (SSSR count). The Bertz CT molecular complexity index is 851. The van der Waals surface area contributed by atoms with Gasteiger partial charge in [-0.15, -0.1) is 0 Å². The molecule has 0 unspecified atom stereocenters. The predicted octanol–water partition coefficient (Wildman–Crippen LogP) is 2.10. The van der Waals surface area contributed by atoms with Crippen LogP contribution in [0, 0.1) is 11.6 Å². The number of amides is 1. The van der Waals surface area contributed by atoms with Crippen LogP contribution in [0.25, 0.3) is 11.5 Å². The summed E-state index contributed by atoms with van der Waals surface area (Å²) in [6.45, 7) is -0.298. The molecule has 0 aliphatic rings. The molecule has 0 aliphatic heterocycles. The molecule has 7 nitrogen and oxygen atoms in total. The van der Waals surface area contributed by atoms with Crippen LogP contribution in [0.3, 0.4) is 0 Å². The van der Waals surface area contributed by atoms with Gasteiger partial charge in [-0.2, -0.15) is 4.98 Å². The summed E-state index contributed by atoms with van der Waals surface area (Å²) in [5.74, 6) is -1.83. The zero-order valence-electron chi connectivity index (χ0n) is 12.8. The van der Waals surface area contributed by atoms with Gasteiger partial charge in [-0.1, -0.05) is 11.2 Å². The molecule has 1 N–H and O–H groups in total. The highest BCUT2D eigenvalue weighted by Gasteiger charge is 2.18. The van der Waals surface area contributed by atoms with E-state index in [0.29, 0.717) is 5.75 Å². The van der Waals surface area contributed by atoms with Crippen molar-refractivity contribution in [3.63, 3.8) is 0 Å². The van der Waals surface area contributed by atoms with E-state index in [1.807, 2.05) is 0 Å². The van der Waals surface area contributed by atoms with Gasteiger partial charge in [-0.25, -0.2) is 8.78 Å². The third-order valence-electron chi connectivity index (χ3n) is 3.09. The number of aromatic nitrogens is 3. The van der Waals surface area contributed by atoms with Crippen LogP contribution in [0.4, 0.5) is 8.78 Å². The first-order valence-electron chi connectivity index (χ1n) is 7.20. The molecular weight excluding hydrogens is 334 g/mol. The van der Waals surface area contributed by atoms with E-state index in [-0.39, 0.29) is 24.9 Å². The van der Waals surface area contributed by atoms with Crippen molar-refractivity contribution < 1.29 is 22.8 Å². The molecule has 0 radical (unpaired) electrons. The SMILES string of the molecule is O=C(COc1cccnc1)NCc1noc(-c2c(F)cccc2F)n1. The first-order chi connectivity index (χ1) is 12.1. The van der Waals surface area contributed by atoms with Crippen molar-refractivity contribution in [2.45, 2.75) is 6.54 Å². The Morgan fingerprint density at radius 3 is 2.72 bits per heavy atom. The second-order valence-corrected chi connectivity index (χ2v) is 4.87. The van der Waals surface area contributed by atoms with Crippen molar-refractivity contribution in [1.29, 1.82) is 0 Å². The van der Waals surface area contributed by atoms with Gasteiger partial charge in [0.1, 0.15) is 22.9 Å². The molecule has 3 aromatic rings. The fourth-order valence-electron chi connectivity index (χ4n) is 1.94. The van der Waals surface area contributed by atoms with Gasteiger partial charge in [-0.05, 0) is 24.3 Å². The number of carbonyl (C=O) groups excluding carboxylic acids is 1. The van der Waals surface area contributed by atoms with Gasteiger partial charge >= 0.3 is 0 Å². The van der Waals surface area contributed by atoms with Gasteiger partial charge in [0.05, 0.1) is 12.7 Å². The van der Waals surface area contributed by atoms with Crippen molar-refractivity contribution in [2.75, 3.05) is 6.61 Å². The Hall–Kier alpha value is -3.36. The van der Waals surface area contributed by atoms with Crippen LogP contribution in [0.15, 0.2) is 47.2 Å². The van der Waals surface area contributed by atoms with E-state index in [2.05, 4.69) is 20.4 Å². The van der Waals surface area contributed by atoms with Crippen molar-refractivity contribution >= 4 is 5.91 Å². The van der Waals surface area contributed by atoms with Crippen molar-refractivity contribution in [3.8, 4) is 17.2 Å². The molecule has 128 valence electrons. The van der Waals surface area contributed by atoms with E-state index in [1.165, 1.54) is 12.3 Å². The number of halogens is 2. The molecule has 0 saturated carbocycles. The number of benzene rings is 1. The number of nitrogens with zero attached hydrogens (tertiary/aromatic N) is 3. The third kappa shape index (κ3) is 4.14. The molecule has 1 aromatic carbocycles. The van der Waals surface area contributed by atoms with Crippen LogP contribution in [-0.4, -0.2) is 27.6 Å². The zero-order valence-corrected chi connectivity index (χ0v) is 12.8. The van der Waals surface area contributed by atoms with Crippen LogP contribution in [0.2, 0.25) is 0 Å². The number of rotatable bonds is 6. The molecule has 0 bridgehead atoms. The molecule has 0 atom stereocenters. The van der Waals surface area contributed by atoms with Crippen LogP contribution >= 0.6 is 0 Å². The molecule has 0 saturated heterocycles. The van der Waals surface area contributed by atoms with Crippen LogP contribution < -0.4 is 10.1 Å². The second kappa shape index (κ2) is 7.47. The van der Waals surface area contributed by atoms with E-state index in [4.69, 9.17) is 9.26 Å². The molecule has 0 spiro atoms. The summed E-state index contributed by atoms with van der Waals surface area (Å²) in [4.78, 5) is 19.4. The van der Waals surface area contributed by atoms with E-state index < -0.39 is 23.1 Å². The number of nitrogens with one attached hydrogen (secondary N) is 1. The number of pyridine rings is 1. The lowest BCUT2D eigenvalue weighted by molar-refractivity contribution is -0.123. The van der Waals surface area contributed by atoms with Gasteiger partial charge in [0, 0.05) is 6.20 Å². The number of ether oxygens (including phenoxy) is 1. The Labute approximate surface area is 140 Å². The first kappa shape index (κ1) is 16.5. The predicted molar refractivity (Wildman–Crippen MR) is 81.2 cm³/mol. The molecule has 0 fully saturated rings. The van der Waals surface area contributed by atoms with Crippen molar-refractivity contribution in [1.82, 2.24) is 20.4 Å². The summed E-state index contributed by atoms with van der Waals surface area (Å²) in [6, 6.07) is 6.73. The Morgan fingerprint density at radius 1 is 1.20 bits per heavy atom. The summed E-state index contributed by atoms with van der Waals surface area (Å²) in [6.07, 6.45) is 3.06. The second-order valence-electron chi connectivity index (χ2n) is 4.87. The normalized spacial score (nSPS) is 10.5. The maximum absolute atomic E-state index is 13.7. The van der Waals surface area contributed by atoms with E-state index in [0.717, 1.165) is 12.1 Å². The van der Waals surface area contributed by atoms with E-state index in [1.54, 1.807) is 18.3 Å². The zero-order chi connectivity index (χ0) is 17.6. The van der Waals surface area contributed by atoms with Gasteiger partial charge in [0.15, 0.2) is 12.4 Å². The molecule has 9 heteroatoms. The van der Waals surface area contributed by atoms with Gasteiger partial charge in [-0.3, -0.25) is 9.78 Å². The number of carbonyl (C=O) groups is 1. The van der Waals surface area contributed by atoms with Crippen LogP contribution in [-0.2, 0) is 11.3 Å². The fraction of sp³-hybridized carbons (Fsp3) is 0.125. The summed E-state index contributed by atoms with van der Waals surface area (Å²) < 4.78 is 37.4. The quantitative estimate of drug-likeness (QED) is 0.735. The maximum Gasteiger partial charge on any atom is 0.263 e. The van der Waals surface area contributed by atoms with Gasteiger partial charge in [0.2, 0.25) is 0 Å². The topological polar surface area (TPSA) is 90.1 Å². The highest BCUT2D eigenvalue weighted by molar-refractivity contribution is 5.77. The largest absolute Gasteiger partial charge is 0.482 e. The summed E-state index contributed by atoms with van der Waals surface area (Å²) in [7, 11) is 0. The molecule has 1 amide bonds. The molecule has 0 aliphatic carbocycles. The van der Waals surface area contributed by atoms with Crippen LogP contribution in [0.1, 0.15) is 5.82 Å². The van der Waals surface area contributed by atoms with Crippen molar-refractivity contribution in [2.24, 2.45) is 0 Å². The Morgan fingerprint density at radius 2 is 2.00 bits per heavy atom.